The quantitative estimate of drug-likeness (QED) is 0.409. The Kier molecular flexibility index (Phi) is 6.79. The molecule has 2 aliphatic carbocycles. The third kappa shape index (κ3) is 3.39. The lowest BCUT2D eigenvalue weighted by Crippen LogP contribution is -2.59. The molecule has 0 aliphatic heterocycles. The van der Waals surface area contributed by atoms with Gasteiger partial charge in [0.25, 0.3) is 0 Å². The lowest BCUT2D eigenvalue weighted by Gasteiger charge is -2.43. The molecule has 1 aromatic rings. The number of fused-ring (bicyclic) bond motifs is 2. The van der Waals surface area contributed by atoms with Crippen LogP contribution < -0.4 is 14.2 Å². The first kappa shape index (κ1) is 24.6. The van der Waals surface area contributed by atoms with Crippen LogP contribution in [0, 0.1) is 11.3 Å². The Morgan fingerprint density at radius 2 is 1.67 bits per heavy atom. The summed E-state index contributed by atoms with van der Waals surface area (Å²) in [6.07, 6.45) is 3.07. The van der Waals surface area contributed by atoms with Crippen LogP contribution in [0.4, 0.5) is 0 Å². The highest BCUT2D eigenvalue weighted by molar-refractivity contribution is 6.04. The van der Waals surface area contributed by atoms with Gasteiger partial charge in [0.1, 0.15) is 6.10 Å². The minimum Gasteiger partial charge on any atom is -0.493 e. The van der Waals surface area contributed by atoms with E-state index in [-0.39, 0.29) is 17.5 Å². The highest BCUT2D eigenvalue weighted by Gasteiger charge is 2.74. The first-order valence-corrected chi connectivity index (χ1v) is 10.7. The lowest BCUT2D eigenvalue weighted by molar-refractivity contribution is -0.181. The summed E-state index contributed by atoms with van der Waals surface area (Å²) in [6, 6.07) is 3.60. The van der Waals surface area contributed by atoms with Gasteiger partial charge in [0.2, 0.25) is 11.5 Å². The Labute approximate surface area is 194 Å². The summed E-state index contributed by atoms with van der Waals surface area (Å²) in [7, 11) is 7.48. The molecule has 1 saturated carbocycles. The normalized spacial score (nSPS) is 30.3. The van der Waals surface area contributed by atoms with Crippen LogP contribution >= 0.6 is 0 Å². The number of benzene rings is 1. The average molecular weight is 461 g/mol. The molecule has 8 nitrogen and oxygen atoms in total. The largest absolute Gasteiger partial charge is 0.493 e. The van der Waals surface area contributed by atoms with E-state index in [0.29, 0.717) is 23.7 Å². The summed E-state index contributed by atoms with van der Waals surface area (Å²) in [5.74, 6) is -0.152. The Hall–Kier alpha value is -3.00. The molecule has 0 unspecified atom stereocenters. The van der Waals surface area contributed by atoms with Crippen LogP contribution in [0.2, 0.25) is 0 Å². The molecule has 2 aliphatic rings. The predicted molar refractivity (Wildman–Crippen MR) is 121 cm³/mol. The first-order valence-electron chi connectivity index (χ1n) is 10.7. The number of ether oxygens (including phenoxy) is 6. The van der Waals surface area contributed by atoms with E-state index in [2.05, 4.69) is 6.58 Å². The van der Waals surface area contributed by atoms with Gasteiger partial charge in [-0.15, -0.1) is 6.58 Å². The number of carbonyl (C=O) groups excluding carboxylic acids is 2. The molecule has 0 amide bonds. The number of allylic oxidation sites excluding steroid dienone is 1. The molecule has 0 spiro atoms. The number of carbonyl (C=O) groups is 2. The second-order valence-electron chi connectivity index (χ2n) is 8.36. The number of hydrogen-bond acceptors (Lipinski definition) is 8. The third-order valence-electron chi connectivity index (χ3n) is 7.05. The Bertz CT molecular complexity index is 958. The van der Waals surface area contributed by atoms with Gasteiger partial charge in [-0.1, -0.05) is 13.0 Å². The van der Waals surface area contributed by atoms with Gasteiger partial charge in [0, 0.05) is 25.4 Å². The molecule has 0 radical (unpaired) electrons. The SMILES string of the molecule is C=CC[C@@]12C=C(OC)C(=O)[C@@](OC)([C@H](c3cc(OC)c(OC)c(OC)c3)[C@H]1C)[C@@H]2OC(C)=O. The smallest absolute Gasteiger partial charge is 0.303 e. The zero-order chi connectivity index (χ0) is 24.6. The minimum atomic E-state index is -1.53. The molecular weight excluding hydrogens is 428 g/mol. The van der Waals surface area contributed by atoms with Crippen molar-refractivity contribution in [2.24, 2.45) is 11.3 Å². The van der Waals surface area contributed by atoms with Crippen LogP contribution in [0.3, 0.4) is 0 Å². The van der Waals surface area contributed by atoms with Crippen molar-refractivity contribution >= 4 is 11.8 Å². The van der Waals surface area contributed by atoms with Crippen LogP contribution in [0.25, 0.3) is 0 Å². The van der Waals surface area contributed by atoms with Crippen molar-refractivity contribution in [1.29, 1.82) is 0 Å². The summed E-state index contributed by atoms with van der Waals surface area (Å²) >= 11 is 0. The standard InChI is InChI=1S/C25H32O8/c1-9-10-24-13-19(30-6)22(27)25(32-8,23(24)33-15(3)26)20(14(24)2)16-11-17(28-4)21(31-7)18(12-16)29-5/h9,11-14,20,23H,1,10H2,2-8H3/t14-,20+,23-,24-,25+/m1/s1. The van der Waals surface area contributed by atoms with E-state index in [4.69, 9.17) is 28.4 Å². The van der Waals surface area contributed by atoms with E-state index in [1.807, 2.05) is 6.92 Å². The maximum absolute atomic E-state index is 13.8. The first-order chi connectivity index (χ1) is 15.7. The zero-order valence-corrected chi connectivity index (χ0v) is 20.2. The molecule has 33 heavy (non-hydrogen) atoms. The highest BCUT2D eigenvalue weighted by Crippen LogP contribution is 2.65. The molecule has 0 saturated heterocycles. The van der Waals surface area contributed by atoms with Gasteiger partial charge in [0.15, 0.2) is 22.9 Å². The summed E-state index contributed by atoms with van der Waals surface area (Å²) in [5, 5.41) is 0. The number of hydrogen-bond donors (Lipinski definition) is 0. The zero-order valence-electron chi connectivity index (χ0n) is 20.2. The third-order valence-corrected chi connectivity index (χ3v) is 7.05. The highest BCUT2D eigenvalue weighted by atomic mass is 16.6. The molecule has 1 fully saturated rings. The van der Waals surface area contributed by atoms with Gasteiger partial charge in [0.05, 0.1) is 28.4 Å². The fourth-order valence-corrected chi connectivity index (χ4v) is 5.71. The second kappa shape index (κ2) is 9.09. The van der Waals surface area contributed by atoms with Crippen molar-refractivity contribution in [1.82, 2.24) is 0 Å². The van der Waals surface area contributed by atoms with Crippen molar-refractivity contribution < 1.29 is 38.0 Å². The molecule has 2 bridgehead atoms. The fourth-order valence-electron chi connectivity index (χ4n) is 5.71. The molecule has 0 heterocycles. The molecule has 1 aromatic carbocycles. The molecule has 0 aromatic heterocycles. The van der Waals surface area contributed by atoms with E-state index >= 15 is 0 Å². The van der Waals surface area contributed by atoms with E-state index < -0.39 is 29.0 Å². The van der Waals surface area contributed by atoms with E-state index in [1.165, 1.54) is 42.5 Å². The number of rotatable bonds is 9. The average Bonchev–Trinajstić information content (AvgIpc) is 2.95. The molecular formula is C25H32O8. The van der Waals surface area contributed by atoms with Gasteiger partial charge in [-0.2, -0.15) is 0 Å². The monoisotopic (exact) mass is 460 g/mol. The van der Waals surface area contributed by atoms with E-state index in [0.717, 1.165) is 5.56 Å². The van der Waals surface area contributed by atoms with Crippen molar-refractivity contribution in [3.63, 3.8) is 0 Å². The van der Waals surface area contributed by atoms with Crippen LogP contribution in [-0.2, 0) is 23.8 Å². The van der Waals surface area contributed by atoms with Gasteiger partial charge in [-0.05, 0) is 36.1 Å². The summed E-state index contributed by atoms with van der Waals surface area (Å²) in [4.78, 5) is 26.0. The molecule has 5 atom stereocenters. The number of ketones is 1. The van der Waals surface area contributed by atoms with Crippen molar-refractivity contribution in [3.05, 3.63) is 42.2 Å². The number of esters is 1. The summed E-state index contributed by atoms with van der Waals surface area (Å²) < 4.78 is 34.0. The molecule has 3 rings (SSSR count). The van der Waals surface area contributed by atoms with Crippen molar-refractivity contribution in [3.8, 4) is 17.2 Å². The summed E-state index contributed by atoms with van der Waals surface area (Å²) in [5.41, 5.74) is -1.59. The van der Waals surface area contributed by atoms with Gasteiger partial charge in [-0.3, -0.25) is 9.59 Å². The van der Waals surface area contributed by atoms with Crippen LogP contribution in [0.5, 0.6) is 17.2 Å². The molecule has 8 heteroatoms. The van der Waals surface area contributed by atoms with Crippen LogP contribution in [-0.4, -0.2) is 59.0 Å². The predicted octanol–water partition coefficient (Wildman–Crippen LogP) is 3.44. The van der Waals surface area contributed by atoms with Crippen molar-refractivity contribution in [2.75, 3.05) is 35.5 Å². The Balaban J connectivity index is 2.37. The molecule has 180 valence electrons. The topological polar surface area (TPSA) is 89.5 Å². The van der Waals surface area contributed by atoms with E-state index in [9.17, 15) is 9.59 Å². The van der Waals surface area contributed by atoms with Gasteiger partial charge < -0.3 is 28.4 Å². The second-order valence-corrected chi connectivity index (χ2v) is 8.36. The van der Waals surface area contributed by atoms with Crippen LogP contribution in [0.15, 0.2) is 36.6 Å². The van der Waals surface area contributed by atoms with Crippen molar-refractivity contribution in [2.45, 2.75) is 37.9 Å². The lowest BCUT2D eigenvalue weighted by atomic mass is 9.69. The fraction of sp³-hybridized carbons (Fsp3) is 0.520. The Morgan fingerprint density at radius 3 is 2.09 bits per heavy atom. The van der Waals surface area contributed by atoms with Crippen LogP contribution in [0.1, 0.15) is 31.7 Å². The number of Topliss-reactive ketones (excluding diaryl/α,β-unsaturated/α-hetero) is 1. The van der Waals surface area contributed by atoms with Gasteiger partial charge >= 0.3 is 5.97 Å². The Morgan fingerprint density at radius 1 is 1.06 bits per heavy atom. The maximum Gasteiger partial charge on any atom is 0.303 e. The number of methoxy groups -OCH3 is 5. The maximum atomic E-state index is 13.8. The van der Waals surface area contributed by atoms with E-state index in [1.54, 1.807) is 24.3 Å². The van der Waals surface area contributed by atoms with Gasteiger partial charge in [-0.25, -0.2) is 0 Å². The molecule has 0 N–H and O–H groups in total. The summed E-state index contributed by atoms with van der Waals surface area (Å²) in [6.45, 7) is 7.25. The minimum absolute atomic E-state index is 0.170.